The molecule has 0 amide bonds. The van der Waals surface area contributed by atoms with Crippen LogP contribution in [0.5, 0.6) is 0 Å². The zero-order valence-corrected chi connectivity index (χ0v) is 9.66. The first-order valence-electron chi connectivity index (χ1n) is 5.51. The molecule has 1 fully saturated rings. The van der Waals surface area contributed by atoms with Gasteiger partial charge in [0.05, 0.1) is 0 Å². The van der Waals surface area contributed by atoms with Crippen molar-refractivity contribution in [3.63, 3.8) is 0 Å². The number of halogens is 5. The average molecular weight is 257 g/mol. The molecule has 0 N–H and O–H groups in total. The number of nitrogens with zero attached hydrogens (tertiary/aromatic N) is 1. The Morgan fingerprint density at radius 3 is 2.00 bits per heavy atom. The molecule has 0 radical (unpaired) electrons. The van der Waals surface area contributed by atoms with Gasteiger partial charge in [0.25, 0.3) is 0 Å². The van der Waals surface area contributed by atoms with E-state index in [1.54, 1.807) is 0 Å². The van der Waals surface area contributed by atoms with Crippen molar-refractivity contribution in [2.75, 3.05) is 13.1 Å². The van der Waals surface area contributed by atoms with Crippen molar-refractivity contribution in [1.29, 1.82) is 0 Å². The highest BCUT2D eigenvalue weighted by molar-refractivity contribution is 5.10. The average Bonchev–Trinajstić information content (AvgIpc) is 2.29. The molecule has 0 aromatic rings. The van der Waals surface area contributed by atoms with Gasteiger partial charge in [0.1, 0.15) is 0 Å². The van der Waals surface area contributed by atoms with E-state index in [0.717, 1.165) is 13.3 Å². The summed E-state index contributed by atoms with van der Waals surface area (Å²) in [6, 6.07) is -4.15. The molecule has 1 atom stereocenters. The lowest BCUT2D eigenvalue weighted by atomic mass is 10.0. The van der Waals surface area contributed by atoms with Crippen molar-refractivity contribution >= 4 is 0 Å². The summed E-state index contributed by atoms with van der Waals surface area (Å²) >= 11 is 0. The quantitative estimate of drug-likeness (QED) is 0.422. The molecule has 6 heteroatoms. The number of piperidine rings is 1. The maximum Gasteiger partial charge on any atom is 0.342 e. The van der Waals surface area contributed by atoms with Crippen LogP contribution in [0.15, 0.2) is 12.2 Å². The van der Waals surface area contributed by atoms with Crippen molar-refractivity contribution in [3.8, 4) is 0 Å². The van der Waals surface area contributed by atoms with E-state index in [-0.39, 0.29) is 13.1 Å². The molecule has 100 valence electrons. The van der Waals surface area contributed by atoms with Crippen LogP contribution in [-0.4, -0.2) is 36.1 Å². The summed E-state index contributed by atoms with van der Waals surface area (Å²) in [7, 11) is 0. The number of hydrogen-bond donors (Lipinski definition) is 0. The van der Waals surface area contributed by atoms with Crippen molar-refractivity contribution < 1.29 is 22.0 Å². The van der Waals surface area contributed by atoms with E-state index < -0.39 is 23.7 Å². The Labute approximate surface area is 97.3 Å². The van der Waals surface area contributed by atoms with Crippen molar-refractivity contribution in [2.24, 2.45) is 0 Å². The Bertz CT molecular complexity index is 284. The number of rotatable bonds is 4. The van der Waals surface area contributed by atoms with Crippen LogP contribution in [0.25, 0.3) is 0 Å². The smallest absolute Gasteiger partial charge is 0.242 e. The molecular weight excluding hydrogens is 241 g/mol. The summed E-state index contributed by atoms with van der Waals surface area (Å²) in [6.45, 7) is 3.60. The van der Waals surface area contributed by atoms with Gasteiger partial charge < -0.3 is 0 Å². The summed E-state index contributed by atoms with van der Waals surface area (Å²) < 4.78 is 67.0. The number of alkyl halides is 5. The Morgan fingerprint density at radius 2 is 1.59 bits per heavy atom. The minimum absolute atomic E-state index is 0.0559. The van der Waals surface area contributed by atoms with E-state index in [0.29, 0.717) is 17.7 Å². The Kier molecular flexibility index (Phi) is 4.17. The first-order valence-corrected chi connectivity index (χ1v) is 5.51. The second-order valence-electron chi connectivity index (χ2n) is 4.40. The van der Waals surface area contributed by atoms with E-state index in [9.17, 15) is 22.0 Å². The minimum Gasteiger partial charge on any atom is -0.242 e. The predicted octanol–water partition coefficient (Wildman–Crippen LogP) is 3.61. The molecule has 1 unspecified atom stereocenters. The molecule has 0 aromatic heterocycles. The van der Waals surface area contributed by atoms with Gasteiger partial charge in [-0.1, -0.05) is 13.0 Å². The second-order valence-corrected chi connectivity index (χ2v) is 4.40. The maximum absolute atomic E-state index is 13.6. The van der Waals surface area contributed by atoms with E-state index in [4.69, 9.17) is 0 Å². The first-order chi connectivity index (χ1) is 7.70. The van der Waals surface area contributed by atoms with Gasteiger partial charge in [-0.2, -0.15) is 17.6 Å². The van der Waals surface area contributed by atoms with Crippen LogP contribution in [0.3, 0.4) is 0 Å². The zero-order chi connectivity index (χ0) is 13.3. The van der Waals surface area contributed by atoms with Crippen LogP contribution in [0.1, 0.15) is 26.2 Å². The molecule has 0 aromatic carbocycles. The number of hydrogen-bond acceptors (Lipinski definition) is 1. The molecule has 1 heterocycles. The lowest BCUT2D eigenvalue weighted by Gasteiger charge is -2.37. The standard InChI is InChI=1S/C11H16F5N/c1-8(2)10(13,14)9(12)11(15,16)17-6-4-3-5-7-17/h9H,1,3-7H2,2H3. The molecule has 0 saturated carbocycles. The largest absolute Gasteiger partial charge is 0.342 e. The van der Waals surface area contributed by atoms with Crippen LogP contribution in [0.4, 0.5) is 22.0 Å². The van der Waals surface area contributed by atoms with Gasteiger partial charge in [0.15, 0.2) is 0 Å². The van der Waals surface area contributed by atoms with Gasteiger partial charge in [0.2, 0.25) is 6.17 Å². The summed E-state index contributed by atoms with van der Waals surface area (Å²) in [4.78, 5) is 0.498. The SMILES string of the molecule is C=C(C)C(F)(F)C(F)C(F)(F)N1CCCCC1. The normalized spacial score (nSPS) is 21.3. The van der Waals surface area contributed by atoms with Crippen LogP contribution in [0.2, 0.25) is 0 Å². The molecule has 1 aliphatic rings. The second kappa shape index (κ2) is 4.92. The highest BCUT2D eigenvalue weighted by Crippen LogP contribution is 2.40. The van der Waals surface area contributed by atoms with Crippen molar-refractivity contribution in [2.45, 2.75) is 44.3 Å². The van der Waals surface area contributed by atoms with E-state index >= 15 is 0 Å². The van der Waals surface area contributed by atoms with Crippen LogP contribution < -0.4 is 0 Å². The first kappa shape index (κ1) is 14.4. The van der Waals surface area contributed by atoms with Gasteiger partial charge in [-0.15, -0.1) is 0 Å². The molecule has 1 aliphatic heterocycles. The topological polar surface area (TPSA) is 3.24 Å². The van der Waals surface area contributed by atoms with Gasteiger partial charge >= 0.3 is 12.0 Å². The van der Waals surface area contributed by atoms with Crippen LogP contribution in [0, 0.1) is 0 Å². The fourth-order valence-electron chi connectivity index (χ4n) is 1.79. The Balaban J connectivity index is 2.84. The van der Waals surface area contributed by atoms with E-state index in [1.807, 2.05) is 0 Å². The van der Waals surface area contributed by atoms with Gasteiger partial charge in [-0.05, 0) is 25.3 Å². The van der Waals surface area contributed by atoms with Crippen molar-refractivity contribution in [3.05, 3.63) is 12.2 Å². The molecule has 17 heavy (non-hydrogen) atoms. The van der Waals surface area contributed by atoms with Crippen molar-refractivity contribution in [1.82, 2.24) is 4.90 Å². The molecular formula is C11H16F5N. The predicted molar refractivity (Wildman–Crippen MR) is 55.0 cm³/mol. The lowest BCUT2D eigenvalue weighted by molar-refractivity contribution is -0.242. The third kappa shape index (κ3) is 2.78. The number of likely N-dealkylation sites (tertiary alicyclic amines) is 1. The summed E-state index contributed by atoms with van der Waals surface area (Å²) in [5.41, 5.74) is -0.887. The minimum atomic E-state index is -4.21. The number of allylic oxidation sites excluding steroid dienone is 1. The third-order valence-electron chi connectivity index (χ3n) is 2.97. The van der Waals surface area contributed by atoms with Gasteiger partial charge in [-0.3, -0.25) is 0 Å². The van der Waals surface area contributed by atoms with E-state index in [1.165, 1.54) is 0 Å². The summed E-state index contributed by atoms with van der Waals surface area (Å²) in [5, 5.41) is 0. The molecule has 0 bridgehead atoms. The maximum atomic E-state index is 13.6. The highest BCUT2D eigenvalue weighted by Gasteiger charge is 2.59. The van der Waals surface area contributed by atoms with Crippen LogP contribution in [-0.2, 0) is 0 Å². The molecule has 1 nitrogen and oxygen atoms in total. The molecule has 0 spiro atoms. The monoisotopic (exact) mass is 257 g/mol. The fourth-order valence-corrected chi connectivity index (χ4v) is 1.79. The highest BCUT2D eigenvalue weighted by atomic mass is 19.3. The molecule has 0 aliphatic carbocycles. The lowest BCUT2D eigenvalue weighted by Crippen LogP contribution is -2.56. The Morgan fingerprint density at radius 1 is 1.12 bits per heavy atom. The van der Waals surface area contributed by atoms with E-state index in [2.05, 4.69) is 6.58 Å². The Hall–Kier alpha value is -0.650. The molecule has 1 saturated heterocycles. The van der Waals surface area contributed by atoms with Crippen LogP contribution >= 0.6 is 0 Å². The summed E-state index contributed by atoms with van der Waals surface area (Å²) in [5.74, 6) is -4.21. The summed E-state index contributed by atoms with van der Waals surface area (Å²) in [6.07, 6.45) is -1.84. The van der Waals surface area contributed by atoms with Gasteiger partial charge in [-0.25, -0.2) is 9.29 Å². The fraction of sp³-hybridized carbons (Fsp3) is 0.818. The molecule has 1 rings (SSSR count). The van der Waals surface area contributed by atoms with Gasteiger partial charge in [0, 0.05) is 13.1 Å². The zero-order valence-electron chi connectivity index (χ0n) is 9.66. The third-order valence-corrected chi connectivity index (χ3v) is 2.97.